The molecule has 1 amide bonds. The van der Waals surface area contributed by atoms with Crippen LogP contribution in [0, 0.1) is 0 Å². The van der Waals surface area contributed by atoms with E-state index < -0.39 is 5.91 Å². The minimum atomic E-state index is -0.448. The lowest BCUT2D eigenvalue weighted by molar-refractivity contribution is 0.100. The maximum Gasteiger partial charge on any atom is 0.249 e. The van der Waals surface area contributed by atoms with Gasteiger partial charge in [-0.1, -0.05) is 18.2 Å². The summed E-state index contributed by atoms with van der Waals surface area (Å²) in [5.74, 6) is 0.0538. The van der Waals surface area contributed by atoms with Gasteiger partial charge in [0.05, 0.1) is 7.11 Å². The molecule has 0 aliphatic carbocycles. The van der Waals surface area contributed by atoms with E-state index >= 15 is 0 Å². The number of aromatic nitrogens is 1. The lowest BCUT2D eigenvalue weighted by atomic mass is 10.0. The second kappa shape index (κ2) is 4.65. The molecule has 0 radical (unpaired) electrons. The fraction of sp³-hybridized carbons (Fsp3) is 0.0769. The monoisotopic (exact) mass is 228 g/mol. The van der Waals surface area contributed by atoms with Crippen molar-refractivity contribution in [2.45, 2.75) is 0 Å². The average Bonchev–Trinajstić information content (AvgIpc) is 2.39. The van der Waals surface area contributed by atoms with Crippen LogP contribution < -0.4 is 10.5 Å². The maximum absolute atomic E-state index is 11.3. The smallest absolute Gasteiger partial charge is 0.249 e. The SMILES string of the molecule is COc1cc(-c2ccccc2C(N)=O)ccn1. The molecule has 86 valence electrons. The number of hydrogen-bond donors (Lipinski definition) is 1. The first-order valence-corrected chi connectivity index (χ1v) is 5.11. The lowest BCUT2D eigenvalue weighted by Gasteiger charge is -2.07. The third-order valence-corrected chi connectivity index (χ3v) is 2.45. The Morgan fingerprint density at radius 2 is 2.06 bits per heavy atom. The third kappa shape index (κ3) is 2.25. The van der Waals surface area contributed by atoms with Crippen molar-refractivity contribution in [3.63, 3.8) is 0 Å². The molecular weight excluding hydrogens is 216 g/mol. The molecule has 2 N–H and O–H groups in total. The molecule has 0 bridgehead atoms. The molecule has 0 aliphatic heterocycles. The first-order valence-electron chi connectivity index (χ1n) is 5.11. The minimum Gasteiger partial charge on any atom is -0.481 e. The zero-order valence-electron chi connectivity index (χ0n) is 9.38. The number of rotatable bonds is 3. The molecule has 0 saturated heterocycles. The zero-order chi connectivity index (χ0) is 12.3. The first kappa shape index (κ1) is 11.1. The van der Waals surface area contributed by atoms with Gasteiger partial charge in [-0.15, -0.1) is 0 Å². The van der Waals surface area contributed by atoms with Crippen molar-refractivity contribution in [1.82, 2.24) is 4.98 Å². The summed E-state index contributed by atoms with van der Waals surface area (Å²) in [6.07, 6.45) is 1.63. The molecule has 2 rings (SSSR count). The van der Waals surface area contributed by atoms with Crippen LogP contribution in [0.1, 0.15) is 10.4 Å². The summed E-state index contributed by atoms with van der Waals surface area (Å²) in [4.78, 5) is 15.3. The fourth-order valence-corrected chi connectivity index (χ4v) is 1.64. The van der Waals surface area contributed by atoms with E-state index in [0.29, 0.717) is 11.4 Å². The summed E-state index contributed by atoms with van der Waals surface area (Å²) in [6, 6.07) is 10.8. The van der Waals surface area contributed by atoms with Gasteiger partial charge in [-0.05, 0) is 23.3 Å². The van der Waals surface area contributed by atoms with Crippen molar-refractivity contribution in [2.24, 2.45) is 5.73 Å². The van der Waals surface area contributed by atoms with Gasteiger partial charge in [-0.3, -0.25) is 4.79 Å². The van der Waals surface area contributed by atoms with E-state index in [0.717, 1.165) is 11.1 Å². The van der Waals surface area contributed by atoms with Crippen LogP contribution in [0.4, 0.5) is 0 Å². The number of pyridine rings is 1. The molecule has 0 saturated carbocycles. The van der Waals surface area contributed by atoms with E-state index in [4.69, 9.17) is 10.5 Å². The molecule has 4 nitrogen and oxygen atoms in total. The Labute approximate surface area is 99.1 Å². The Morgan fingerprint density at radius 3 is 2.76 bits per heavy atom. The van der Waals surface area contributed by atoms with Gasteiger partial charge in [0.25, 0.3) is 0 Å². The lowest BCUT2D eigenvalue weighted by Crippen LogP contribution is -2.12. The predicted molar refractivity (Wildman–Crippen MR) is 64.7 cm³/mol. The van der Waals surface area contributed by atoms with Crippen LogP contribution in [0.3, 0.4) is 0 Å². The molecule has 0 unspecified atom stereocenters. The number of benzene rings is 1. The molecular formula is C13H12N2O2. The number of nitrogens with zero attached hydrogens (tertiary/aromatic N) is 1. The zero-order valence-corrected chi connectivity index (χ0v) is 9.38. The van der Waals surface area contributed by atoms with Crippen LogP contribution in [-0.4, -0.2) is 18.0 Å². The van der Waals surface area contributed by atoms with E-state index in [1.165, 1.54) is 0 Å². The second-order valence-corrected chi connectivity index (χ2v) is 3.50. The number of methoxy groups -OCH3 is 1. The Morgan fingerprint density at radius 1 is 1.29 bits per heavy atom. The van der Waals surface area contributed by atoms with Crippen molar-refractivity contribution in [2.75, 3.05) is 7.11 Å². The Hall–Kier alpha value is -2.36. The summed E-state index contributed by atoms with van der Waals surface area (Å²) in [5, 5.41) is 0. The quantitative estimate of drug-likeness (QED) is 0.871. The Bertz CT molecular complexity index is 553. The molecule has 1 aromatic carbocycles. The van der Waals surface area contributed by atoms with Crippen LogP contribution in [0.25, 0.3) is 11.1 Å². The van der Waals surface area contributed by atoms with Crippen LogP contribution in [0.2, 0.25) is 0 Å². The van der Waals surface area contributed by atoms with Crippen molar-refractivity contribution in [3.8, 4) is 17.0 Å². The van der Waals surface area contributed by atoms with E-state index in [9.17, 15) is 4.79 Å². The molecule has 1 aromatic heterocycles. The molecule has 2 aromatic rings. The minimum absolute atomic E-state index is 0.448. The summed E-state index contributed by atoms with van der Waals surface area (Å²) in [6.45, 7) is 0. The molecule has 4 heteroatoms. The van der Waals surface area contributed by atoms with E-state index in [1.54, 1.807) is 31.5 Å². The molecule has 17 heavy (non-hydrogen) atoms. The molecule has 0 fully saturated rings. The standard InChI is InChI=1S/C13H12N2O2/c1-17-12-8-9(6-7-15-12)10-4-2-3-5-11(10)13(14)16/h2-8H,1H3,(H2,14,16). The van der Waals surface area contributed by atoms with Crippen molar-refractivity contribution in [3.05, 3.63) is 48.2 Å². The number of carbonyl (C=O) groups excluding carboxylic acids is 1. The van der Waals surface area contributed by atoms with Crippen LogP contribution >= 0.6 is 0 Å². The highest BCUT2D eigenvalue weighted by molar-refractivity contribution is 5.99. The topological polar surface area (TPSA) is 65.2 Å². The first-order chi connectivity index (χ1) is 8.22. The van der Waals surface area contributed by atoms with Gasteiger partial charge in [-0.2, -0.15) is 0 Å². The second-order valence-electron chi connectivity index (χ2n) is 3.50. The Kier molecular flexibility index (Phi) is 3.05. The van der Waals surface area contributed by atoms with Crippen molar-refractivity contribution in [1.29, 1.82) is 0 Å². The van der Waals surface area contributed by atoms with Gasteiger partial charge in [-0.25, -0.2) is 4.98 Å². The number of hydrogen-bond acceptors (Lipinski definition) is 3. The third-order valence-electron chi connectivity index (χ3n) is 2.45. The van der Waals surface area contributed by atoms with Crippen LogP contribution in [0.5, 0.6) is 5.88 Å². The summed E-state index contributed by atoms with van der Waals surface area (Å²) in [5.41, 5.74) is 7.45. The van der Waals surface area contributed by atoms with Gasteiger partial charge in [0, 0.05) is 17.8 Å². The number of nitrogens with two attached hydrogens (primary N) is 1. The van der Waals surface area contributed by atoms with Crippen LogP contribution in [0.15, 0.2) is 42.6 Å². The maximum atomic E-state index is 11.3. The summed E-state index contributed by atoms with van der Waals surface area (Å²) >= 11 is 0. The molecule has 0 aliphatic rings. The van der Waals surface area contributed by atoms with Gasteiger partial charge in [0.2, 0.25) is 11.8 Å². The largest absolute Gasteiger partial charge is 0.481 e. The fourth-order valence-electron chi connectivity index (χ4n) is 1.64. The number of amides is 1. The molecule has 1 heterocycles. The summed E-state index contributed by atoms with van der Waals surface area (Å²) in [7, 11) is 1.55. The predicted octanol–water partition coefficient (Wildman–Crippen LogP) is 1.86. The van der Waals surface area contributed by atoms with E-state index in [2.05, 4.69) is 4.98 Å². The highest BCUT2D eigenvalue weighted by Crippen LogP contribution is 2.25. The van der Waals surface area contributed by atoms with Crippen molar-refractivity contribution < 1.29 is 9.53 Å². The van der Waals surface area contributed by atoms with Crippen LogP contribution in [-0.2, 0) is 0 Å². The summed E-state index contributed by atoms with van der Waals surface area (Å²) < 4.78 is 5.05. The average molecular weight is 228 g/mol. The van der Waals surface area contributed by atoms with Gasteiger partial charge < -0.3 is 10.5 Å². The van der Waals surface area contributed by atoms with Crippen molar-refractivity contribution >= 4 is 5.91 Å². The molecule has 0 spiro atoms. The van der Waals surface area contributed by atoms with E-state index in [1.807, 2.05) is 18.2 Å². The van der Waals surface area contributed by atoms with Gasteiger partial charge in [0.15, 0.2) is 0 Å². The van der Waals surface area contributed by atoms with E-state index in [-0.39, 0.29) is 0 Å². The Balaban J connectivity index is 2.56. The highest BCUT2D eigenvalue weighted by atomic mass is 16.5. The number of ether oxygens (including phenoxy) is 1. The number of carbonyl (C=O) groups is 1. The van der Waals surface area contributed by atoms with Gasteiger partial charge >= 0.3 is 0 Å². The normalized spacial score (nSPS) is 9.94. The van der Waals surface area contributed by atoms with Gasteiger partial charge in [0.1, 0.15) is 0 Å². The molecule has 0 atom stereocenters. The highest BCUT2D eigenvalue weighted by Gasteiger charge is 2.09. The number of primary amides is 1.